The fourth-order valence-corrected chi connectivity index (χ4v) is 4.83. The smallest absolute Gasteiger partial charge is 0.196 e. The van der Waals surface area contributed by atoms with Gasteiger partial charge in [0.2, 0.25) is 0 Å². The van der Waals surface area contributed by atoms with Crippen molar-refractivity contribution in [1.82, 2.24) is 5.32 Å². The van der Waals surface area contributed by atoms with Crippen molar-refractivity contribution >= 4 is 5.78 Å². The Morgan fingerprint density at radius 1 is 1.38 bits per heavy atom. The van der Waals surface area contributed by atoms with E-state index in [9.17, 15) is 15.0 Å². The number of ketones is 1. The molecule has 1 fully saturated rings. The van der Waals surface area contributed by atoms with Crippen molar-refractivity contribution in [3.63, 3.8) is 0 Å². The van der Waals surface area contributed by atoms with E-state index in [0.717, 1.165) is 17.7 Å². The molecule has 2 aliphatic carbocycles. The summed E-state index contributed by atoms with van der Waals surface area (Å²) in [5.74, 6) is 0.293. The van der Waals surface area contributed by atoms with E-state index in [1.165, 1.54) is 6.08 Å². The highest BCUT2D eigenvalue weighted by Crippen LogP contribution is 2.62. The fraction of sp³-hybridized carbons (Fsp3) is 0.438. The summed E-state index contributed by atoms with van der Waals surface area (Å²) in [4.78, 5) is 12.3. The Hall–Kier alpha value is -1.85. The number of piperidine rings is 1. The molecule has 0 saturated carbocycles. The molecule has 1 aromatic rings. The number of carbonyl (C=O) groups excluding carboxylic acids is 1. The molecule has 5 nitrogen and oxygen atoms in total. The molecule has 0 unspecified atom stereocenters. The highest BCUT2D eigenvalue weighted by atomic mass is 16.5. The van der Waals surface area contributed by atoms with Crippen LogP contribution in [0, 0.1) is 0 Å². The van der Waals surface area contributed by atoms with Gasteiger partial charge in [0.05, 0.1) is 5.41 Å². The third kappa shape index (κ3) is 1.05. The monoisotopic (exact) mass is 285 g/mol. The van der Waals surface area contributed by atoms with Gasteiger partial charge in [0.15, 0.2) is 23.4 Å². The molecule has 21 heavy (non-hydrogen) atoms. The van der Waals surface area contributed by atoms with Crippen molar-refractivity contribution in [2.24, 2.45) is 0 Å². The first-order valence-electron chi connectivity index (χ1n) is 7.29. The molecule has 5 rings (SSSR count). The number of aliphatic hydroxyl groups is 1. The quantitative estimate of drug-likeness (QED) is 0.634. The van der Waals surface area contributed by atoms with Crippen LogP contribution in [0.2, 0.25) is 0 Å². The zero-order chi connectivity index (χ0) is 14.4. The van der Waals surface area contributed by atoms with Crippen molar-refractivity contribution in [3.8, 4) is 11.5 Å². The van der Waals surface area contributed by atoms with Gasteiger partial charge in [-0.1, -0.05) is 6.07 Å². The maximum Gasteiger partial charge on any atom is 0.196 e. The third-order valence-electron chi connectivity index (χ3n) is 5.69. The molecule has 4 aliphatic rings. The molecule has 0 radical (unpaired) electrons. The summed E-state index contributed by atoms with van der Waals surface area (Å²) in [6, 6.07) is 3.36. The predicted octanol–water partition coefficient (Wildman–Crippen LogP) is 0.179. The van der Waals surface area contributed by atoms with Gasteiger partial charge in [0, 0.05) is 11.6 Å². The van der Waals surface area contributed by atoms with Gasteiger partial charge in [-0.3, -0.25) is 4.79 Å². The van der Waals surface area contributed by atoms with E-state index in [-0.39, 0.29) is 17.6 Å². The second-order valence-corrected chi connectivity index (χ2v) is 6.44. The molecule has 3 N–H and O–H groups in total. The maximum absolute atomic E-state index is 12.3. The van der Waals surface area contributed by atoms with E-state index in [0.29, 0.717) is 18.6 Å². The minimum absolute atomic E-state index is 0.0460. The number of aromatic hydroxyl groups is 1. The Morgan fingerprint density at radius 2 is 2.24 bits per heavy atom. The molecule has 1 aromatic carbocycles. The second-order valence-electron chi connectivity index (χ2n) is 6.44. The molecule has 0 aromatic heterocycles. The van der Waals surface area contributed by atoms with Gasteiger partial charge in [-0.05, 0) is 43.2 Å². The van der Waals surface area contributed by atoms with Crippen molar-refractivity contribution in [2.45, 2.75) is 36.0 Å². The molecular formula is C16H15NO4. The Morgan fingerprint density at radius 3 is 3.10 bits per heavy atom. The Kier molecular flexibility index (Phi) is 1.86. The first kappa shape index (κ1) is 11.8. The number of hydrogen-bond donors (Lipinski definition) is 3. The highest BCUT2D eigenvalue weighted by Gasteiger charge is 2.70. The van der Waals surface area contributed by atoms with Crippen LogP contribution < -0.4 is 10.1 Å². The van der Waals surface area contributed by atoms with E-state index in [2.05, 4.69) is 5.32 Å². The lowest BCUT2D eigenvalue weighted by molar-refractivity contribution is -0.139. The SMILES string of the molecule is O=C1C=C[C@@]2(O)[C@H]3Cc4ccc(O)c5c4[C@@]2(CCN3)[C@H]1O5. The molecule has 0 amide bonds. The lowest BCUT2D eigenvalue weighted by atomic mass is 9.51. The number of benzene rings is 1. The number of phenols is 1. The predicted molar refractivity (Wildman–Crippen MR) is 73.4 cm³/mol. The molecule has 2 aliphatic heterocycles. The Balaban J connectivity index is 1.93. The van der Waals surface area contributed by atoms with E-state index < -0.39 is 17.1 Å². The van der Waals surface area contributed by atoms with Crippen LogP contribution in [0.1, 0.15) is 17.5 Å². The topological polar surface area (TPSA) is 78.8 Å². The Bertz CT molecular complexity index is 727. The second kappa shape index (κ2) is 3.31. The van der Waals surface area contributed by atoms with Gasteiger partial charge in [-0.2, -0.15) is 0 Å². The molecule has 2 bridgehead atoms. The zero-order valence-electron chi connectivity index (χ0n) is 11.3. The maximum atomic E-state index is 12.3. The number of phenolic OH excluding ortho intramolecular Hbond substituents is 1. The van der Waals surface area contributed by atoms with Crippen molar-refractivity contribution < 1.29 is 19.7 Å². The van der Waals surface area contributed by atoms with E-state index >= 15 is 0 Å². The summed E-state index contributed by atoms with van der Waals surface area (Å²) in [6.07, 6.45) is 3.60. The lowest BCUT2D eigenvalue weighted by Gasteiger charge is -2.57. The van der Waals surface area contributed by atoms with Gasteiger partial charge in [0.1, 0.15) is 5.60 Å². The zero-order valence-corrected chi connectivity index (χ0v) is 11.3. The summed E-state index contributed by atoms with van der Waals surface area (Å²) in [5.41, 5.74) is -0.0209. The van der Waals surface area contributed by atoms with Crippen LogP contribution in [0.4, 0.5) is 0 Å². The summed E-state index contributed by atoms with van der Waals surface area (Å²) < 4.78 is 5.85. The van der Waals surface area contributed by atoms with E-state index in [1.54, 1.807) is 12.1 Å². The summed E-state index contributed by atoms with van der Waals surface area (Å²) in [5, 5.41) is 24.8. The molecule has 5 heteroatoms. The van der Waals surface area contributed by atoms with Crippen LogP contribution in [0.15, 0.2) is 24.3 Å². The van der Waals surface area contributed by atoms with Crippen LogP contribution in [0.3, 0.4) is 0 Å². The molecule has 2 heterocycles. The average molecular weight is 285 g/mol. The van der Waals surface area contributed by atoms with Crippen molar-refractivity contribution in [2.75, 3.05) is 6.54 Å². The molecule has 1 spiro atoms. The standard InChI is InChI=1S/C16H15NO4/c18-9-2-1-8-7-11-16(20)4-3-10(19)14-15(16,5-6-17-11)12(8)13(9)21-14/h1-4,11,14,17-18,20H,5-7H2/t11-,14+,15+,16-/m1/s1. The first-order chi connectivity index (χ1) is 10.1. The number of rotatable bonds is 0. The molecule has 1 saturated heterocycles. The third-order valence-corrected chi connectivity index (χ3v) is 5.69. The van der Waals surface area contributed by atoms with Gasteiger partial charge in [-0.25, -0.2) is 0 Å². The van der Waals surface area contributed by atoms with Crippen LogP contribution in [0.25, 0.3) is 0 Å². The minimum atomic E-state index is -1.14. The molecule has 108 valence electrons. The lowest BCUT2D eigenvalue weighted by Crippen LogP contribution is -2.74. The van der Waals surface area contributed by atoms with E-state index in [4.69, 9.17) is 4.74 Å². The summed E-state index contributed by atoms with van der Waals surface area (Å²) in [6.45, 7) is 0.725. The fourth-order valence-electron chi connectivity index (χ4n) is 4.83. The average Bonchev–Trinajstić information content (AvgIpc) is 2.80. The number of hydrogen-bond acceptors (Lipinski definition) is 5. The van der Waals surface area contributed by atoms with Crippen LogP contribution in [-0.2, 0) is 16.6 Å². The van der Waals surface area contributed by atoms with Crippen LogP contribution >= 0.6 is 0 Å². The first-order valence-corrected chi connectivity index (χ1v) is 7.29. The van der Waals surface area contributed by atoms with Gasteiger partial charge >= 0.3 is 0 Å². The summed E-state index contributed by atoms with van der Waals surface area (Å²) in [7, 11) is 0. The minimum Gasteiger partial charge on any atom is -0.504 e. The number of carbonyl (C=O) groups is 1. The number of nitrogens with one attached hydrogen (secondary N) is 1. The van der Waals surface area contributed by atoms with Gasteiger partial charge in [-0.15, -0.1) is 0 Å². The number of ether oxygens (including phenoxy) is 1. The highest BCUT2D eigenvalue weighted by molar-refractivity contribution is 5.99. The van der Waals surface area contributed by atoms with Crippen molar-refractivity contribution in [3.05, 3.63) is 35.4 Å². The van der Waals surface area contributed by atoms with Crippen LogP contribution in [0.5, 0.6) is 11.5 Å². The van der Waals surface area contributed by atoms with Gasteiger partial charge < -0.3 is 20.3 Å². The van der Waals surface area contributed by atoms with Gasteiger partial charge in [0.25, 0.3) is 0 Å². The normalized spacial score (nSPS) is 41.7. The Labute approximate surface area is 121 Å². The molecule has 4 atom stereocenters. The summed E-state index contributed by atoms with van der Waals surface area (Å²) >= 11 is 0. The largest absolute Gasteiger partial charge is 0.504 e. The molecular weight excluding hydrogens is 270 g/mol. The van der Waals surface area contributed by atoms with Crippen LogP contribution in [-0.4, -0.2) is 40.3 Å². The van der Waals surface area contributed by atoms with Crippen molar-refractivity contribution in [1.29, 1.82) is 0 Å². The van der Waals surface area contributed by atoms with E-state index in [1.807, 2.05) is 6.07 Å².